The van der Waals surface area contributed by atoms with Crippen molar-refractivity contribution in [1.29, 1.82) is 0 Å². The molecular formula is C17H27N3O. The molecule has 116 valence electrons. The molecule has 0 radical (unpaired) electrons. The zero-order chi connectivity index (χ0) is 15.1. The highest BCUT2D eigenvalue weighted by molar-refractivity contribution is 5.78. The van der Waals surface area contributed by atoms with Gasteiger partial charge >= 0.3 is 0 Å². The second-order valence-electron chi connectivity index (χ2n) is 5.84. The van der Waals surface area contributed by atoms with Crippen molar-refractivity contribution in [3.63, 3.8) is 0 Å². The van der Waals surface area contributed by atoms with E-state index in [1.165, 1.54) is 38.5 Å². The van der Waals surface area contributed by atoms with Gasteiger partial charge in [-0.05, 0) is 37.0 Å². The quantitative estimate of drug-likeness (QED) is 0.508. The van der Waals surface area contributed by atoms with Gasteiger partial charge in [0.2, 0.25) is 0 Å². The summed E-state index contributed by atoms with van der Waals surface area (Å²) >= 11 is 0. The van der Waals surface area contributed by atoms with Crippen LogP contribution in [0.4, 0.5) is 0 Å². The van der Waals surface area contributed by atoms with Gasteiger partial charge in [-0.25, -0.2) is 4.99 Å². The molecule has 0 aliphatic heterocycles. The first-order valence-electron chi connectivity index (χ1n) is 7.89. The predicted molar refractivity (Wildman–Crippen MR) is 87.7 cm³/mol. The summed E-state index contributed by atoms with van der Waals surface area (Å²) in [5.74, 6) is 1.47. The number of aryl methyl sites for hydroxylation is 1. The average molecular weight is 289 g/mol. The van der Waals surface area contributed by atoms with Crippen molar-refractivity contribution in [3.8, 4) is 5.75 Å². The second-order valence-corrected chi connectivity index (χ2v) is 5.84. The first-order valence-corrected chi connectivity index (χ1v) is 7.89. The van der Waals surface area contributed by atoms with Gasteiger partial charge in [0.05, 0.1) is 13.7 Å². The van der Waals surface area contributed by atoms with Crippen LogP contribution in [-0.2, 0) is 6.54 Å². The molecule has 3 N–H and O–H groups in total. The van der Waals surface area contributed by atoms with Crippen LogP contribution >= 0.6 is 0 Å². The average Bonchev–Trinajstić information content (AvgIpc) is 2.74. The molecule has 1 fully saturated rings. The second kappa shape index (κ2) is 7.91. The molecule has 1 aromatic carbocycles. The Morgan fingerprint density at radius 3 is 2.62 bits per heavy atom. The summed E-state index contributed by atoms with van der Waals surface area (Å²) in [6, 6.07) is 6.61. The van der Waals surface area contributed by atoms with Gasteiger partial charge in [-0.3, -0.25) is 0 Å². The SMILES string of the molecule is COc1ccc(CN=C(N)NC2CCCCCC2)cc1C. The van der Waals surface area contributed by atoms with Gasteiger partial charge in [-0.15, -0.1) is 0 Å². The normalized spacial score (nSPS) is 17.3. The molecule has 1 aromatic rings. The van der Waals surface area contributed by atoms with E-state index in [9.17, 15) is 0 Å². The number of methoxy groups -OCH3 is 1. The molecule has 1 saturated carbocycles. The van der Waals surface area contributed by atoms with E-state index in [1.54, 1.807) is 7.11 Å². The van der Waals surface area contributed by atoms with E-state index in [0.29, 0.717) is 18.5 Å². The Morgan fingerprint density at radius 1 is 1.29 bits per heavy atom. The van der Waals surface area contributed by atoms with Crippen molar-refractivity contribution in [2.24, 2.45) is 10.7 Å². The molecule has 0 bridgehead atoms. The number of guanidine groups is 1. The summed E-state index contributed by atoms with van der Waals surface area (Å²) in [4.78, 5) is 4.46. The van der Waals surface area contributed by atoms with Crippen LogP contribution in [0.1, 0.15) is 49.7 Å². The van der Waals surface area contributed by atoms with Crippen molar-refractivity contribution in [1.82, 2.24) is 5.32 Å². The molecule has 0 amide bonds. The predicted octanol–water partition coefficient (Wildman–Crippen LogP) is 3.13. The highest BCUT2D eigenvalue weighted by atomic mass is 16.5. The highest BCUT2D eigenvalue weighted by Gasteiger charge is 2.12. The van der Waals surface area contributed by atoms with E-state index < -0.39 is 0 Å². The topological polar surface area (TPSA) is 59.6 Å². The lowest BCUT2D eigenvalue weighted by molar-refractivity contribution is 0.411. The minimum atomic E-state index is 0.494. The maximum Gasteiger partial charge on any atom is 0.189 e. The number of nitrogens with one attached hydrogen (secondary N) is 1. The van der Waals surface area contributed by atoms with E-state index in [-0.39, 0.29) is 0 Å². The van der Waals surface area contributed by atoms with Crippen molar-refractivity contribution in [2.75, 3.05) is 7.11 Å². The summed E-state index contributed by atoms with van der Waals surface area (Å²) in [6.07, 6.45) is 7.70. The number of ether oxygens (including phenoxy) is 1. The van der Waals surface area contributed by atoms with Crippen LogP contribution in [0.3, 0.4) is 0 Å². The van der Waals surface area contributed by atoms with Gasteiger partial charge in [0, 0.05) is 6.04 Å². The minimum absolute atomic E-state index is 0.494. The van der Waals surface area contributed by atoms with E-state index in [1.807, 2.05) is 19.1 Å². The van der Waals surface area contributed by atoms with Gasteiger partial charge in [0.25, 0.3) is 0 Å². The minimum Gasteiger partial charge on any atom is -0.496 e. The van der Waals surface area contributed by atoms with Crippen molar-refractivity contribution < 1.29 is 4.74 Å². The molecular weight excluding hydrogens is 262 g/mol. The van der Waals surface area contributed by atoms with Gasteiger partial charge < -0.3 is 15.8 Å². The molecule has 0 saturated heterocycles. The third-order valence-corrected chi connectivity index (χ3v) is 4.10. The number of rotatable bonds is 4. The largest absolute Gasteiger partial charge is 0.496 e. The van der Waals surface area contributed by atoms with E-state index in [4.69, 9.17) is 10.5 Å². The van der Waals surface area contributed by atoms with Crippen LogP contribution in [0.2, 0.25) is 0 Å². The maximum atomic E-state index is 6.01. The molecule has 2 rings (SSSR count). The van der Waals surface area contributed by atoms with E-state index in [2.05, 4.69) is 16.4 Å². The molecule has 4 heteroatoms. The summed E-state index contributed by atoms with van der Waals surface area (Å²) in [6.45, 7) is 2.65. The summed E-state index contributed by atoms with van der Waals surface area (Å²) in [7, 11) is 1.69. The van der Waals surface area contributed by atoms with Crippen LogP contribution < -0.4 is 15.8 Å². The maximum absolute atomic E-state index is 6.01. The van der Waals surface area contributed by atoms with Crippen LogP contribution in [0.15, 0.2) is 23.2 Å². The zero-order valence-electron chi connectivity index (χ0n) is 13.2. The fourth-order valence-corrected chi connectivity index (χ4v) is 2.89. The number of aliphatic imine (C=N–C) groups is 1. The Kier molecular flexibility index (Phi) is 5.90. The van der Waals surface area contributed by atoms with E-state index >= 15 is 0 Å². The lowest BCUT2D eigenvalue weighted by Crippen LogP contribution is -2.39. The monoisotopic (exact) mass is 289 g/mol. The molecule has 0 spiro atoms. The summed E-state index contributed by atoms with van der Waals surface area (Å²) in [5.41, 5.74) is 8.29. The molecule has 0 atom stereocenters. The smallest absolute Gasteiger partial charge is 0.189 e. The molecule has 1 aliphatic carbocycles. The summed E-state index contributed by atoms with van der Waals surface area (Å²) in [5, 5.41) is 3.37. The highest BCUT2D eigenvalue weighted by Crippen LogP contribution is 2.19. The number of benzene rings is 1. The standard InChI is InChI=1S/C17H27N3O/c1-13-11-14(9-10-16(13)21-2)12-19-17(18)20-15-7-5-3-4-6-8-15/h9-11,15H,3-8,12H2,1-2H3,(H3,18,19,20). The van der Waals surface area contributed by atoms with Gasteiger partial charge in [-0.1, -0.05) is 37.8 Å². The van der Waals surface area contributed by atoms with Crippen molar-refractivity contribution >= 4 is 5.96 Å². The van der Waals surface area contributed by atoms with Crippen molar-refractivity contribution in [2.45, 2.75) is 58.0 Å². The number of hydrogen-bond acceptors (Lipinski definition) is 2. The van der Waals surface area contributed by atoms with Crippen molar-refractivity contribution in [3.05, 3.63) is 29.3 Å². The Labute approximate surface area is 127 Å². The van der Waals surface area contributed by atoms with Crippen LogP contribution in [-0.4, -0.2) is 19.1 Å². The Bertz CT molecular complexity index is 477. The third-order valence-electron chi connectivity index (χ3n) is 4.10. The molecule has 1 aliphatic rings. The Hall–Kier alpha value is -1.71. The van der Waals surface area contributed by atoms with Crippen LogP contribution in [0.25, 0.3) is 0 Å². The Morgan fingerprint density at radius 2 is 2.00 bits per heavy atom. The first-order chi connectivity index (χ1) is 10.2. The van der Waals surface area contributed by atoms with Crippen LogP contribution in [0.5, 0.6) is 5.75 Å². The molecule has 21 heavy (non-hydrogen) atoms. The van der Waals surface area contributed by atoms with Gasteiger partial charge in [0.15, 0.2) is 5.96 Å². The van der Waals surface area contributed by atoms with E-state index in [0.717, 1.165) is 16.9 Å². The zero-order valence-corrected chi connectivity index (χ0v) is 13.2. The molecule has 0 unspecified atom stereocenters. The fraction of sp³-hybridized carbons (Fsp3) is 0.588. The number of nitrogens with two attached hydrogens (primary N) is 1. The number of nitrogens with zero attached hydrogens (tertiary/aromatic N) is 1. The molecule has 4 nitrogen and oxygen atoms in total. The van der Waals surface area contributed by atoms with Gasteiger partial charge in [0.1, 0.15) is 5.75 Å². The first kappa shape index (κ1) is 15.7. The number of hydrogen-bond donors (Lipinski definition) is 2. The summed E-state index contributed by atoms with van der Waals surface area (Å²) < 4.78 is 5.27. The third kappa shape index (κ3) is 4.96. The lowest BCUT2D eigenvalue weighted by Gasteiger charge is -2.16. The fourth-order valence-electron chi connectivity index (χ4n) is 2.89. The van der Waals surface area contributed by atoms with Gasteiger partial charge in [-0.2, -0.15) is 0 Å². The lowest BCUT2D eigenvalue weighted by atomic mass is 10.1. The molecule has 0 heterocycles. The molecule has 0 aromatic heterocycles. The Balaban J connectivity index is 1.88. The van der Waals surface area contributed by atoms with Crippen LogP contribution in [0, 0.1) is 6.92 Å².